The van der Waals surface area contributed by atoms with Gasteiger partial charge in [-0.15, -0.1) is 0 Å². The average molecular weight is 576 g/mol. The van der Waals surface area contributed by atoms with Gasteiger partial charge >= 0.3 is 0 Å². The van der Waals surface area contributed by atoms with Crippen molar-refractivity contribution in [3.05, 3.63) is 58.4 Å². The van der Waals surface area contributed by atoms with E-state index >= 15 is 0 Å². The number of rotatable bonds is 7. The molecular weight excluding hydrogens is 547 g/mol. The van der Waals surface area contributed by atoms with Crippen LogP contribution in [0.15, 0.2) is 35.2 Å². The van der Waals surface area contributed by atoms with Gasteiger partial charge in [-0.3, -0.25) is 4.79 Å². The van der Waals surface area contributed by atoms with Crippen LogP contribution >= 0.6 is 11.6 Å². The zero-order chi connectivity index (χ0) is 28.2. The first-order valence-electron chi connectivity index (χ1n) is 12.2. The monoisotopic (exact) mass is 575 g/mol. The van der Waals surface area contributed by atoms with Crippen molar-refractivity contribution in [3.8, 4) is 0 Å². The fourth-order valence-electron chi connectivity index (χ4n) is 5.63. The molecule has 4 unspecified atom stereocenters. The van der Waals surface area contributed by atoms with E-state index in [1.54, 1.807) is 0 Å². The van der Waals surface area contributed by atoms with Gasteiger partial charge in [-0.05, 0) is 69.6 Å². The Balaban J connectivity index is 1.56. The third-order valence-corrected chi connectivity index (χ3v) is 10.5. The Morgan fingerprint density at radius 3 is 2.21 bits per heavy atom. The number of hydrogen-bond donors (Lipinski definition) is 4. The molecule has 2 saturated carbocycles. The van der Waals surface area contributed by atoms with Gasteiger partial charge in [-0.25, -0.2) is 21.6 Å². The molecule has 2 aliphatic rings. The Hall–Kier alpha value is -2.18. The van der Waals surface area contributed by atoms with Crippen molar-refractivity contribution in [2.75, 3.05) is 5.32 Å². The molecule has 2 bridgehead atoms. The van der Waals surface area contributed by atoms with Crippen molar-refractivity contribution in [2.45, 2.75) is 73.4 Å². The van der Waals surface area contributed by atoms with Crippen molar-refractivity contribution in [1.29, 1.82) is 0 Å². The number of halogens is 4. The molecule has 2 aliphatic carbocycles. The van der Waals surface area contributed by atoms with E-state index < -0.39 is 67.6 Å². The van der Waals surface area contributed by atoms with E-state index in [-0.39, 0.29) is 40.4 Å². The number of nitrogens with one attached hydrogen (secondary N) is 1. The fraction of sp³-hybridized carbons (Fsp3) is 0.500. The lowest BCUT2D eigenvalue weighted by Crippen LogP contribution is -2.52. The summed E-state index contributed by atoms with van der Waals surface area (Å²) >= 11 is 6.23. The molecule has 2 fully saturated rings. The number of aliphatic hydroxyl groups is 3. The van der Waals surface area contributed by atoms with E-state index in [1.807, 2.05) is 0 Å². The predicted octanol–water partition coefficient (Wildman–Crippen LogP) is 4.22. The smallest absolute Gasteiger partial charge is 0.255 e. The highest BCUT2D eigenvalue weighted by Gasteiger charge is 2.57. The van der Waals surface area contributed by atoms with Crippen molar-refractivity contribution in [2.24, 2.45) is 11.8 Å². The standard InChI is InChI=1S/C26H29ClF3NO6S/c1-25(2,34)22(32)12-26(35)14-4-5-15(26)9-17(8-14)38(36,37)21-7-13(3-6-18(21)27)24(33)31-16-10-19(28)23(30)20(29)11-16/h3,6-7,10-11,14-15,17,22,32,34-35H,4-5,8-9,12H2,1-2H3,(H,31,33)/t14-,15?,17?,22?,26?/m0/s1. The van der Waals surface area contributed by atoms with Gasteiger partial charge in [0, 0.05) is 29.8 Å². The summed E-state index contributed by atoms with van der Waals surface area (Å²) in [7, 11) is -4.08. The molecule has 0 aromatic heterocycles. The lowest BCUT2D eigenvalue weighted by molar-refractivity contribution is -0.129. The molecule has 0 heterocycles. The van der Waals surface area contributed by atoms with Crippen LogP contribution in [0, 0.1) is 29.3 Å². The third-order valence-electron chi connectivity index (χ3n) is 7.89. The van der Waals surface area contributed by atoms with Gasteiger partial charge in [0.15, 0.2) is 27.3 Å². The van der Waals surface area contributed by atoms with Crippen molar-refractivity contribution < 1.29 is 41.7 Å². The minimum Gasteiger partial charge on any atom is -0.390 e. The summed E-state index contributed by atoms with van der Waals surface area (Å²) in [4.78, 5) is 12.4. The minimum atomic E-state index is -4.08. The van der Waals surface area contributed by atoms with Crippen LogP contribution in [0.1, 0.15) is 56.3 Å². The number of hydrogen-bond acceptors (Lipinski definition) is 6. The van der Waals surface area contributed by atoms with E-state index in [0.717, 1.165) is 6.07 Å². The van der Waals surface area contributed by atoms with Crippen LogP contribution in [0.3, 0.4) is 0 Å². The SMILES string of the molecule is CC(C)(O)C(O)CC1(O)C2CC[C@H]1CC(S(=O)(=O)c1cc(C(=O)Nc3cc(F)c(F)c(F)c3)ccc1Cl)C2. The molecule has 5 atom stereocenters. The van der Waals surface area contributed by atoms with Gasteiger partial charge < -0.3 is 20.6 Å². The zero-order valence-electron chi connectivity index (χ0n) is 20.7. The number of fused-ring (bicyclic) bond motifs is 2. The summed E-state index contributed by atoms with van der Waals surface area (Å²) < 4.78 is 67.5. The van der Waals surface area contributed by atoms with Crippen LogP contribution in [0.5, 0.6) is 0 Å². The van der Waals surface area contributed by atoms with Gasteiger partial charge in [0.25, 0.3) is 5.91 Å². The first kappa shape index (κ1) is 28.8. The largest absolute Gasteiger partial charge is 0.390 e. The highest BCUT2D eigenvalue weighted by molar-refractivity contribution is 7.92. The lowest BCUT2D eigenvalue weighted by atomic mass is 9.70. The number of carbonyl (C=O) groups excluding carboxylic acids is 1. The van der Waals surface area contributed by atoms with E-state index in [2.05, 4.69) is 5.32 Å². The number of aliphatic hydroxyl groups excluding tert-OH is 1. The maximum absolute atomic E-state index is 13.7. The van der Waals surface area contributed by atoms with Crippen LogP contribution in [0.4, 0.5) is 18.9 Å². The summed E-state index contributed by atoms with van der Waals surface area (Å²) in [6, 6.07) is 4.73. The topological polar surface area (TPSA) is 124 Å². The number of amides is 1. The maximum Gasteiger partial charge on any atom is 0.255 e. The molecule has 0 spiro atoms. The summed E-state index contributed by atoms with van der Waals surface area (Å²) in [6.45, 7) is 2.88. The molecule has 4 rings (SSSR count). The Morgan fingerprint density at radius 2 is 1.68 bits per heavy atom. The molecule has 0 radical (unpaired) electrons. The summed E-state index contributed by atoms with van der Waals surface area (Å²) in [6.07, 6.45) is 0.0549. The van der Waals surface area contributed by atoms with Gasteiger partial charge in [-0.1, -0.05) is 11.6 Å². The van der Waals surface area contributed by atoms with Gasteiger partial charge in [0.1, 0.15) is 0 Å². The minimum absolute atomic E-state index is 0.0837. The summed E-state index contributed by atoms with van der Waals surface area (Å²) in [5.41, 5.74) is -3.27. The van der Waals surface area contributed by atoms with Crippen LogP contribution in [0.25, 0.3) is 0 Å². The molecule has 4 N–H and O–H groups in total. The predicted molar refractivity (Wildman–Crippen MR) is 134 cm³/mol. The molecular formula is C26H29ClF3NO6S. The molecule has 12 heteroatoms. The Labute approximate surface area is 223 Å². The Morgan fingerprint density at radius 1 is 1.13 bits per heavy atom. The number of anilines is 1. The van der Waals surface area contributed by atoms with Crippen LogP contribution in [0.2, 0.25) is 5.02 Å². The highest BCUT2D eigenvalue weighted by atomic mass is 35.5. The second-order valence-electron chi connectivity index (χ2n) is 10.8. The average Bonchev–Trinajstić information content (AvgIpc) is 2.98. The quantitative estimate of drug-likeness (QED) is 0.367. The summed E-state index contributed by atoms with van der Waals surface area (Å²) in [5.74, 6) is -6.42. The maximum atomic E-state index is 13.7. The van der Waals surface area contributed by atoms with Crippen LogP contribution in [-0.4, -0.2) is 52.2 Å². The molecule has 0 aliphatic heterocycles. The molecule has 1 amide bonds. The van der Waals surface area contributed by atoms with Crippen LogP contribution < -0.4 is 5.32 Å². The van der Waals surface area contributed by atoms with Crippen molar-refractivity contribution in [3.63, 3.8) is 0 Å². The zero-order valence-corrected chi connectivity index (χ0v) is 22.3. The normalized spacial score (nSPS) is 26.3. The number of benzene rings is 2. The lowest BCUT2D eigenvalue weighted by Gasteiger charge is -2.44. The van der Waals surface area contributed by atoms with Gasteiger partial charge in [0.05, 0.1) is 32.5 Å². The first-order chi connectivity index (χ1) is 17.5. The Bertz CT molecular complexity index is 1330. The van der Waals surface area contributed by atoms with Gasteiger partial charge in [-0.2, -0.15) is 0 Å². The highest BCUT2D eigenvalue weighted by Crippen LogP contribution is 2.54. The second kappa shape index (κ2) is 10.1. The molecule has 0 saturated heterocycles. The van der Waals surface area contributed by atoms with Crippen molar-refractivity contribution >= 4 is 33.0 Å². The van der Waals surface area contributed by atoms with E-state index in [1.165, 1.54) is 26.0 Å². The molecule has 7 nitrogen and oxygen atoms in total. The van der Waals surface area contributed by atoms with Gasteiger partial charge in [0.2, 0.25) is 0 Å². The van der Waals surface area contributed by atoms with E-state index in [0.29, 0.717) is 25.0 Å². The summed E-state index contributed by atoms with van der Waals surface area (Å²) in [5, 5.41) is 33.1. The van der Waals surface area contributed by atoms with Crippen molar-refractivity contribution in [1.82, 2.24) is 0 Å². The number of sulfone groups is 1. The second-order valence-corrected chi connectivity index (χ2v) is 13.4. The third kappa shape index (κ3) is 5.31. The molecule has 38 heavy (non-hydrogen) atoms. The molecule has 2 aromatic rings. The first-order valence-corrected chi connectivity index (χ1v) is 14.1. The van der Waals surface area contributed by atoms with Crippen LogP contribution in [-0.2, 0) is 9.84 Å². The van der Waals surface area contributed by atoms with E-state index in [4.69, 9.17) is 11.6 Å². The fourth-order valence-corrected chi connectivity index (χ4v) is 8.03. The number of carbonyl (C=O) groups is 1. The molecule has 2 aromatic carbocycles. The van der Waals surface area contributed by atoms with E-state index in [9.17, 15) is 41.7 Å². The Kier molecular flexibility index (Phi) is 7.65. The molecule has 208 valence electrons.